The molecule has 1 amide bonds. The molecule has 0 radical (unpaired) electrons. The lowest BCUT2D eigenvalue weighted by molar-refractivity contribution is 0.0785. The van der Waals surface area contributed by atoms with E-state index < -0.39 is 10.0 Å². The van der Waals surface area contributed by atoms with Gasteiger partial charge in [0.2, 0.25) is 0 Å². The molecule has 8 heteroatoms. The van der Waals surface area contributed by atoms with E-state index in [1.165, 1.54) is 49.4 Å². The molecule has 0 fully saturated rings. The second-order valence-electron chi connectivity index (χ2n) is 6.99. The highest BCUT2D eigenvalue weighted by Gasteiger charge is 2.23. The average molecular weight is 443 g/mol. The van der Waals surface area contributed by atoms with Crippen LogP contribution in [0.2, 0.25) is 0 Å². The van der Waals surface area contributed by atoms with E-state index in [-0.39, 0.29) is 28.7 Å². The van der Waals surface area contributed by atoms with Crippen molar-refractivity contribution in [3.8, 4) is 5.75 Å². The Morgan fingerprint density at radius 3 is 2.23 bits per heavy atom. The number of halogens is 1. The number of benzene rings is 3. The molecule has 0 aliphatic heterocycles. The van der Waals surface area contributed by atoms with Crippen molar-refractivity contribution in [2.45, 2.75) is 11.4 Å². The van der Waals surface area contributed by atoms with Crippen LogP contribution >= 0.6 is 0 Å². The molecule has 0 N–H and O–H groups in total. The molecule has 0 saturated carbocycles. The number of anilines is 1. The first-order valence-electron chi connectivity index (χ1n) is 9.45. The number of ether oxygens (including phenoxy) is 1. The van der Waals surface area contributed by atoms with E-state index in [1.807, 2.05) is 0 Å². The van der Waals surface area contributed by atoms with E-state index in [2.05, 4.69) is 0 Å². The Kier molecular flexibility index (Phi) is 6.60. The monoisotopic (exact) mass is 442 g/mol. The maximum atomic E-state index is 13.1. The van der Waals surface area contributed by atoms with Gasteiger partial charge in [0.15, 0.2) is 0 Å². The van der Waals surface area contributed by atoms with Crippen LogP contribution in [0.1, 0.15) is 15.9 Å². The van der Waals surface area contributed by atoms with Gasteiger partial charge in [-0.25, -0.2) is 12.8 Å². The Morgan fingerprint density at radius 2 is 1.61 bits per heavy atom. The standard InChI is InChI=1S/C23H23FN2O4S/c1-25(16-17-7-9-19(24)10-8-17)23(27)18-5-4-6-22(15-18)31(28,29)26(2)20-11-13-21(30-3)14-12-20/h4-15H,16H2,1-3H3. The summed E-state index contributed by atoms with van der Waals surface area (Å²) in [6, 6.07) is 18.4. The van der Waals surface area contributed by atoms with Gasteiger partial charge in [-0.3, -0.25) is 9.10 Å². The molecule has 3 aromatic rings. The zero-order valence-corrected chi connectivity index (χ0v) is 18.3. The zero-order valence-electron chi connectivity index (χ0n) is 17.4. The first-order chi connectivity index (χ1) is 14.7. The SMILES string of the molecule is COc1ccc(N(C)S(=O)(=O)c2cccc(C(=O)N(C)Cc3ccc(F)cc3)c2)cc1. The highest BCUT2D eigenvalue weighted by Crippen LogP contribution is 2.25. The summed E-state index contributed by atoms with van der Waals surface area (Å²) in [6.07, 6.45) is 0. The summed E-state index contributed by atoms with van der Waals surface area (Å²) >= 11 is 0. The fourth-order valence-corrected chi connectivity index (χ4v) is 4.28. The molecular weight excluding hydrogens is 419 g/mol. The Bertz CT molecular complexity index is 1160. The number of methoxy groups -OCH3 is 1. The topological polar surface area (TPSA) is 66.9 Å². The molecule has 0 aliphatic carbocycles. The lowest BCUT2D eigenvalue weighted by Crippen LogP contribution is -2.28. The Labute approximate surface area is 181 Å². The van der Waals surface area contributed by atoms with Crippen molar-refractivity contribution in [2.75, 3.05) is 25.5 Å². The van der Waals surface area contributed by atoms with E-state index >= 15 is 0 Å². The first-order valence-corrected chi connectivity index (χ1v) is 10.9. The lowest BCUT2D eigenvalue weighted by atomic mass is 10.1. The molecule has 162 valence electrons. The third-order valence-corrected chi connectivity index (χ3v) is 6.64. The van der Waals surface area contributed by atoms with Gasteiger partial charge in [0.1, 0.15) is 11.6 Å². The van der Waals surface area contributed by atoms with Crippen molar-refractivity contribution in [3.05, 3.63) is 89.7 Å². The molecule has 0 bridgehead atoms. The zero-order chi connectivity index (χ0) is 22.6. The Balaban J connectivity index is 1.81. The fraction of sp³-hybridized carbons (Fsp3) is 0.174. The molecule has 0 aromatic heterocycles. The molecular formula is C23H23FN2O4S. The number of sulfonamides is 1. The lowest BCUT2D eigenvalue weighted by Gasteiger charge is -2.21. The van der Waals surface area contributed by atoms with Gasteiger partial charge in [-0.05, 0) is 60.2 Å². The van der Waals surface area contributed by atoms with Crippen molar-refractivity contribution >= 4 is 21.6 Å². The van der Waals surface area contributed by atoms with E-state index in [1.54, 1.807) is 49.5 Å². The van der Waals surface area contributed by atoms with Gasteiger partial charge >= 0.3 is 0 Å². The predicted octanol–water partition coefficient (Wildman–Crippen LogP) is 3.93. The van der Waals surface area contributed by atoms with Crippen LogP contribution < -0.4 is 9.04 Å². The van der Waals surface area contributed by atoms with Crippen LogP contribution in [0.4, 0.5) is 10.1 Å². The van der Waals surface area contributed by atoms with Gasteiger partial charge in [-0.15, -0.1) is 0 Å². The molecule has 0 unspecified atom stereocenters. The molecule has 0 aliphatic rings. The van der Waals surface area contributed by atoms with E-state index in [4.69, 9.17) is 4.74 Å². The minimum absolute atomic E-state index is 0.00634. The predicted molar refractivity (Wildman–Crippen MR) is 117 cm³/mol. The van der Waals surface area contributed by atoms with Crippen molar-refractivity contribution in [3.63, 3.8) is 0 Å². The Hall–Kier alpha value is -3.39. The third kappa shape index (κ3) is 5.03. The van der Waals surface area contributed by atoms with E-state index in [0.717, 1.165) is 9.87 Å². The highest BCUT2D eigenvalue weighted by molar-refractivity contribution is 7.92. The van der Waals surface area contributed by atoms with Crippen LogP contribution in [0.5, 0.6) is 5.75 Å². The maximum absolute atomic E-state index is 13.1. The molecule has 0 spiro atoms. The number of carbonyl (C=O) groups excluding carboxylic acids is 1. The summed E-state index contributed by atoms with van der Waals surface area (Å²) in [5, 5.41) is 0. The molecule has 0 atom stereocenters. The van der Waals surface area contributed by atoms with Crippen molar-refractivity contribution in [1.82, 2.24) is 4.90 Å². The normalized spacial score (nSPS) is 11.1. The third-order valence-electron chi connectivity index (χ3n) is 4.86. The molecule has 0 heterocycles. The number of hydrogen-bond acceptors (Lipinski definition) is 4. The first kappa shape index (κ1) is 22.3. The minimum atomic E-state index is -3.88. The van der Waals surface area contributed by atoms with Gasteiger partial charge in [0, 0.05) is 26.2 Å². The number of amides is 1. The van der Waals surface area contributed by atoms with Crippen molar-refractivity contribution < 1.29 is 22.3 Å². The van der Waals surface area contributed by atoms with E-state index in [9.17, 15) is 17.6 Å². The summed E-state index contributed by atoms with van der Waals surface area (Å²) in [4.78, 5) is 14.3. The molecule has 31 heavy (non-hydrogen) atoms. The number of nitrogens with zero attached hydrogens (tertiary/aromatic N) is 2. The summed E-state index contributed by atoms with van der Waals surface area (Å²) in [5.74, 6) is -0.0728. The van der Waals surface area contributed by atoms with Crippen LogP contribution in [0.25, 0.3) is 0 Å². The molecule has 3 aromatic carbocycles. The summed E-state index contributed by atoms with van der Waals surface area (Å²) < 4.78 is 45.5. The van der Waals surface area contributed by atoms with Gasteiger partial charge in [-0.2, -0.15) is 0 Å². The second-order valence-corrected chi connectivity index (χ2v) is 8.96. The van der Waals surface area contributed by atoms with Crippen LogP contribution in [-0.2, 0) is 16.6 Å². The van der Waals surface area contributed by atoms with Gasteiger partial charge in [-0.1, -0.05) is 18.2 Å². The summed E-state index contributed by atoms with van der Waals surface area (Å²) in [5.41, 5.74) is 1.47. The molecule has 6 nitrogen and oxygen atoms in total. The Morgan fingerprint density at radius 1 is 0.968 bits per heavy atom. The summed E-state index contributed by atoms with van der Waals surface area (Å²) in [6.45, 7) is 0.266. The van der Waals surface area contributed by atoms with Gasteiger partial charge < -0.3 is 9.64 Å². The largest absolute Gasteiger partial charge is 0.497 e. The quantitative estimate of drug-likeness (QED) is 0.556. The maximum Gasteiger partial charge on any atom is 0.264 e. The number of carbonyl (C=O) groups is 1. The van der Waals surface area contributed by atoms with Crippen molar-refractivity contribution in [2.24, 2.45) is 0 Å². The number of rotatable bonds is 7. The second kappa shape index (κ2) is 9.18. The smallest absolute Gasteiger partial charge is 0.264 e. The molecule has 3 rings (SSSR count). The van der Waals surface area contributed by atoms with Crippen LogP contribution in [0.15, 0.2) is 77.7 Å². The minimum Gasteiger partial charge on any atom is -0.497 e. The van der Waals surface area contributed by atoms with Gasteiger partial charge in [0.25, 0.3) is 15.9 Å². The van der Waals surface area contributed by atoms with Crippen molar-refractivity contribution in [1.29, 1.82) is 0 Å². The summed E-state index contributed by atoms with van der Waals surface area (Å²) in [7, 11) is 0.714. The van der Waals surface area contributed by atoms with Crippen LogP contribution in [-0.4, -0.2) is 40.4 Å². The highest BCUT2D eigenvalue weighted by atomic mass is 32.2. The van der Waals surface area contributed by atoms with Crippen LogP contribution in [0, 0.1) is 5.82 Å². The fourth-order valence-electron chi connectivity index (χ4n) is 3.03. The average Bonchev–Trinajstić information content (AvgIpc) is 2.79. The van der Waals surface area contributed by atoms with E-state index in [0.29, 0.717) is 11.4 Å². The van der Waals surface area contributed by atoms with Crippen LogP contribution in [0.3, 0.4) is 0 Å². The van der Waals surface area contributed by atoms with Gasteiger partial charge in [0.05, 0.1) is 17.7 Å². The number of hydrogen-bond donors (Lipinski definition) is 0. The molecule has 0 saturated heterocycles.